The molecule has 2 atom stereocenters. The topological polar surface area (TPSA) is 95.9 Å². The van der Waals surface area contributed by atoms with E-state index >= 15 is 0 Å². The lowest BCUT2D eigenvalue weighted by Crippen LogP contribution is -2.45. The van der Waals surface area contributed by atoms with Crippen molar-refractivity contribution in [3.63, 3.8) is 0 Å². The predicted molar refractivity (Wildman–Crippen MR) is 329 cm³/mol. The molecule has 75 heavy (non-hydrogen) atoms. The highest BCUT2D eigenvalue weighted by Crippen LogP contribution is 2.19. The molecular weight excluding hydrogens is 923 g/mol. The number of unbranched alkanes of at least 4 members (excludes halogenated alkanes) is 54. The largest absolute Gasteiger partial charge is 0.466 e. The highest BCUT2D eigenvalue weighted by atomic mass is 16.5. The monoisotopic (exact) mass is 1060 g/mol. The van der Waals surface area contributed by atoms with Gasteiger partial charge in [-0.2, -0.15) is 0 Å². The van der Waals surface area contributed by atoms with Crippen molar-refractivity contribution >= 4 is 11.9 Å². The number of aliphatic hydroxyl groups is 2. The maximum absolute atomic E-state index is 12.5. The molecule has 1 amide bonds. The van der Waals surface area contributed by atoms with Gasteiger partial charge in [-0.3, -0.25) is 9.59 Å². The van der Waals surface area contributed by atoms with E-state index in [-0.39, 0.29) is 18.5 Å². The lowest BCUT2D eigenvalue weighted by Gasteiger charge is -2.20. The summed E-state index contributed by atoms with van der Waals surface area (Å²) in [5.41, 5.74) is 0. The summed E-state index contributed by atoms with van der Waals surface area (Å²) in [5, 5.41) is 23.2. The quantitative estimate of drug-likeness (QED) is 0.0320. The standard InChI is InChI=1S/C69H135NO5/c1-3-5-7-9-11-13-15-17-19-21-23-24-25-26-29-33-37-41-45-49-53-57-61-67(72)66(65-71)70-68(73)62-58-54-50-46-42-38-34-30-27-28-32-36-40-44-48-52-56-60-64-75-69(74)63-59-55-51-47-43-39-35-31-22-20-18-16-14-12-10-8-6-4-2/h57,61,66-67,71-72H,3-56,58-60,62-65H2,1-2H3,(H,70,73)/b61-57+. The first-order chi connectivity index (χ1) is 37.0. The minimum absolute atomic E-state index is 0.0122. The number of carbonyl (C=O) groups excluding carboxylic acids is 2. The van der Waals surface area contributed by atoms with Crippen LogP contribution in [0.3, 0.4) is 0 Å². The summed E-state index contributed by atoms with van der Waals surface area (Å²) in [5.74, 6) is -0.0550. The van der Waals surface area contributed by atoms with Crippen LogP contribution in [0.1, 0.15) is 393 Å². The molecule has 0 spiro atoms. The van der Waals surface area contributed by atoms with Crippen molar-refractivity contribution in [3.05, 3.63) is 12.2 Å². The number of ether oxygens (including phenoxy) is 1. The van der Waals surface area contributed by atoms with E-state index in [1.54, 1.807) is 6.08 Å². The molecule has 0 bridgehead atoms. The smallest absolute Gasteiger partial charge is 0.305 e. The molecule has 0 aliphatic heterocycles. The maximum atomic E-state index is 12.5. The lowest BCUT2D eigenvalue weighted by molar-refractivity contribution is -0.143. The summed E-state index contributed by atoms with van der Waals surface area (Å²) < 4.78 is 5.50. The van der Waals surface area contributed by atoms with Gasteiger partial charge in [-0.05, 0) is 32.1 Å². The van der Waals surface area contributed by atoms with Crippen molar-refractivity contribution in [2.24, 2.45) is 0 Å². The molecule has 0 aromatic heterocycles. The van der Waals surface area contributed by atoms with Crippen LogP contribution >= 0.6 is 0 Å². The summed E-state index contributed by atoms with van der Waals surface area (Å²) in [6, 6.07) is -0.631. The molecule has 6 nitrogen and oxygen atoms in total. The van der Waals surface area contributed by atoms with E-state index in [4.69, 9.17) is 4.74 Å². The second-order valence-electron chi connectivity index (χ2n) is 23.9. The molecule has 2 unspecified atom stereocenters. The van der Waals surface area contributed by atoms with Crippen molar-refractivity contribution in [1.82, 2.24) is 5.32 Å². The lowest BCUT2D eigenvalue weighted by atomic mass is 10.0. The van der Waals surface area contributed by atoms with Gasteiger partial charge in [0.2, 0.25) is 5.91 Å². The Labute approximate surface area is 469 Å². The molecular formula is C69H135NO5. The van der Waals surface area contributed by atoms with Crippen molar-refractivity contribution < 1.29 is 24.5 Å². The molecule has 0 rings (SSSR count). The molecule has 0 fully saturated rings. The third kappa shape index (κ3) is 61.7. The van der Waals surface area contributed by atoms with Crippen LogP contribution < -0.4 is 5.32 Å². The van der Waals surface area contributed by atoms with Crippen LogP contribution in [0.15, 0.2) is 12.2 Å². The summed E-state index contributed by atoms with van der Waals surface area (Å²) in [6.45, 7) is 4.94. The number of nitrogens with one attached hydrogen (secondary N) is 1. The normalized spacial score (nSPS) is 12.5. The molecule has 446 valence electrons. The molecule has 0 radical (unpaired) electrons. The fraction of sp³-hybridized carbons (Fsp3) is 0.942. The molecule has 0 aromatic carbocycles. The molecule has 0 aliphatic rings. The highest BCUT2D eigenvalue weighted by Gasteiger charge is 2.18. The van der Waals surface area contributed by atoms with Gasteiger partial charge in [-0.15, -0.1) is 0 Å². The van der Waals surface area contributed by atoms with Gasteiger partial charge in [0.25, 0.3) is 0 Å². The minimum atomic E-state index is -0.848. The summed E-state index contributed by atoms with van der Waals surface area (Å²) >= 11 is 0. The average molecular weight is 1060 g/mol. The van der Waals surface area contributed by atoms with Crippen LogP contribution in [-0.2, 0) is 14.3 Å². The Morgan fingerprint density at radius 1 is 0.360 bits per heavy atom. The van der Waals surface area contributed by atoms with E-state index in [0.717, 1.165) is 38.5 Å². The Bertz CT molecular complexity index is 1130. The molecule has 0 heterocycles. The van der Waals surface area contributed by atoms with E-state index in [1.807, 2.05) is 6.08 Å². The number of allylic oxidation sites excluding steroid dienone is 1. The highest BCUT2D eigenvalue weighted by molar-refractivity contribution is 5.76. The first-order valence-electron chi connectivity index (χ1n) is 34.5. The van der Waals surface area contributed by atoms with Gasteiger partial charge in [0.15, 0.2) is 0 Å². The van der Waals surface area contributed by atoms with Crippen LogP contribution in [0.5, 0.6) is 0 Å². The predicted octanol–water partition coefficient (Wildman–Crippen LogP) is 22.0. The van der Waals surface area contributed by atoms with E-state index in [2.05, 4.69) is 19.2 Å². The van der Waals surface area contributed by atoms with Gasteiger partial charge in [0, 0.05) is 12.8 Å². The van der Waals surface area contributed by atoms with Gasteiger partial charge in [0.1, 0.15) is 0 Å². The summed E-state index contributed by atoms with van der Waals surface area (Å²) in [4.78, 5) is 24.6. The molecule has 0 saturated carbocycles. The Morgan fingerprint density at radius 2 is 0.613 bits per heavy atom. The van der Waals surface area contributed by atoms with Crippen molar-refractivity contribution in [2.75, 3.05) is 13.2 Å². The second kappa shape index (κ2) is 65.1. The number of hydrogen-bond acceptors (Lipinski definition) is 5. The summed E-state index contributed by atoms with van der Waals surface area (Å²) in [7, 11) is 0. The molecule has 0 aliphatic carbocycles. The van der Waals surface area contributed by atoms with Crippen LogP contribution in [0.2, 0.25) is 0 Å². The Kier molecular flexibility index (Phi) is 63.9. The number of carbonyl (C=O) groups is 2. The fourth-order valence-electron chi connectivity index (χ4n) is 11.1. The van der Waals surface area contributed by atoms with Crippen molar-refractivity contribution in [1.29, 1.82) is 0 Å². The van der Waals surface area contributed by atoms with Crippen molar-refractivity contribution in [3.8, 4) is 0 Å². The van der Waals surface area contributed by atoms with E-state index in [0.29, 0.717) is 19.4 Å². The Hall–Kier alpha value is -1.40. The van der Waals surface area contributed by atoms with Crippen LogP contribution in [0.25, 0.3) is 0 Å². The van der Waals surface area contributed by atoms with E-state index < -0.39 is 12.1 Å². The Balaban J connectivity index is 3.41. The number of aliphatic hydroxyl groups excluding tert-OH is 2. The zero-order chi connectivity index (χ0) is 54.3. The molecule has 6 heteroatoms. The first-order valence-corrected chi connectivity index (χ1v) is 34.5. The van der Waals surface area contributed by atoms with Gasteiger partial charge in [-0.25, -0.2) is 0 Å². The number of hydrogen-bond donors (Lipinski definition) is 3. The van der Waals surface area contributed by atoms with Crippen LogP contribution in [-0.4, -0.2) is 47.4 Å². The summed E-state index contributed by atoms with van der Waals surface area (Å²) in [6.07, 6.45) is 79.9. The van der Waals surface area contributed by atoms with Crippen LogP contribution in [0.4, 0.5) is 0 Å². The SMILES string of the molecule is CCCCCCCCCCCCCCCCCCCCCC/C=C/C(O)C(CO)NC(=O)CCCCCCCCCCCCCCCCCCCCOC(=O)CCCCCCCCCCCCCCCCCCCC. The zero-order valence-corrected chi connectivity index (χ0v) is 51.1. The first kappa shape index (κ1) is 73.6. The minimum Gasteiger partial charge on any atom is -0.466 e. The van der Waals surface area contributed by atoms with E-state index in [9.17, 15) is 19.8 Å². The third-order valence-electron chi connectivity index (χ3n) is 16.3. The maximum Gasteiger partial charge on any atom is 0.305 e. The van der Waals surface area contributed by atoms with Crippen molar-refractivity contribution in [2.45, 2.75) is 405 Å². The second-order valence-corrected chi connectivity index (χ2v) is 23.9. The van der Waals surface area contributed by atoms with Crippen LogP contribution in [0, 0.1) is 0 Å². The molecule has 0 aromatic rings. The van der Waals surface area contributed by atoms with Gasteiger partial charge >= 0.3 is 5.97 Å². The number of rotatable bonds is 65. The van der Waals surface area contributed by atoms with Gasteiger partial charge < -0.3 is 20.3 Å². The van der Waals surface area contributed by atoms with Gasteiger partial charge in [0.05, 0.1) is 25.4 Å². The number of amides is 1. The molecule has 0 saturated heterocycles. The zero-order valence-electron chi connectivity index (χ0n) is 51.1. The van der Waals surface area contributed by atoms with Gasteiger partial charge in [-0.1, -0.05) is 360 Å². The average Bonchev–Trinajstić information content (AvgIpc) is 3.41. The number of esters is 1. The van der Waals surface area contributed by atoms with E-state index in [1.165, 1.54) is 327 Å². The molecule has 3 N–H and O–H groups in total. The Morgan fingerprint density at radius 3 is 0.907 bits per heavy atom. The fourth-order valence-corrected chi connectivity index (χ4v) is 11.1. The third-order valence-corrected chi connectivity index (χ3v) is 16.3.